The van der Waals surface area contributed by atoms with Crippen LogP contribution in [0.1, 0.15) is 54.4 Å². The number of benzene rings is 3. The van der Waals surface area contributed by atoms with Crippen molar-refractivity contribution in [1.29, 1.82) is 0 Å². The fraction of sp³-hybridized carbons (Fsp3) is 0.370. The quantitative estimate of drug-likeness (QED) is 0.517. The van der Waals surface area contributed by atoms with Crippen LogP contribution in [0.15, 0.2) is 66.7 Å². The fourth-order valence-electron chi connectivity index (χ4n) is 4.99. The Morgan fingerprint density at radius 2 is 1.67 bits per heavy atom. The lowest BCUT2D eigenvalue weighted by Gasteiger charge is -2.39. The normalized spacial score (nSPS) is 18.9. The molecule has 30 heavy (non-hydrogen) atoms. The maximum absolute atomic E-state index is 12.2. The predicted octanol–water partition coefficient (Wildman–Crippen LogP) is 6.09. The highest BCUT2D eigenvalue weighted by atomic mass is 16.2. The third-order valence-corrected chi connectivity index (χ3v) is 6.54. The van der Waals surface area contributed by atoms with E-state index in [-0.39, 0.29) is 5.91 Å². The van der Waals surface area contributed by atoms with E-state index >= 15 is 0 Å². The lowest BCUT2D eigenvalue weighted by atomic mass is 9.80. The summed E-state index contributed by atoms with van der Waals surface area (Å²) in [5.41, 5.74) is 3.49. The summed E-state index contributed by atoms with van der Waals surface area (Å²) in [5.74, 6) is 0.618. The van der Waals surface area contributed by atoms with Crippen LogP contribution in [0.25, 0.3) is 10.8 Å². The van der Waals surface area contributed by atoms with E-state index in [1.165, 1.54) is 41.3 Å². The molecule has 156 valence electrons. The van der Waals surface area contributed by atoms with Crippen molar-refractivity contribution in [2.45, 2.75) is 44.6 Å². The number of fused-ring (bicyclic) bond motifs is 1. The molecule has 4 rings (SSSR count). The van der Waals surface area contributed by atoms with Crippen LogP contribution in [0, 0.1) is 0 Å². The Morgan fingerprint density at radius 1 is 0.933 bits per heavy atom. The first kappa shape index (κ1) is 20.5. The highest BCUT2D eigenvalue weighted by Gasteiger charge is 2.28. The van der Waals surface area contributed by atoms with E-state index in [2.05, 4.69) is 66.4 Å². The van der Waals surface area contributed by atoms with Crippen LogP contribution in [0.4, 0.5) is 5.69 Å². The summed E-state index contributed by atoms with van der Waals surface area (Å²) in [5, 5.41) is 2.65. The fourth-order valence-corrected chi connectivity index (χ4v) is 4.99. The summed E-state index contributed by atoms with van der Waals surface area (Å²) >= 11 is 0. The van der Waals surface area contributed by atoms with Gasteiger partial charge < -0.3 is 9.80 Å². The van der Waals surface area contributed by atoms with E-state index in [1.54, 1.807) is 19.0 Å². The van der Waals surface area contributed by atoms with Crippen molar-refractivity contribution in [3.63, 3.8) is 0 Å². The van der Waals surface area contributed by atoms with Crippen LogP contribution in [-0.2, 0) is 0 Å². The van der Waals surface area contributed by atoms with E-state index in [4.69, 9.17) is 0 Å². The SMILES string of the molecule is CCN(c1cccc2ccccc12)C1CCCC(c2ccc(C(=O)N(C)C)cc2)C1. The second-order valence-corrected chi connectivity index (χ2v) is 8.62. The third kappa shape index (κ3) is 4.07. The van der Waals surface area contributed by atoms with Gasteiger partial charge >= 0.3 is 0 Å². The summed E-state index contributed by atoms with van der Waals surface area (Å²) in [6, 6.07) is 24.2. The first-order valence-corrected chi connectivity index (χ1v) is 11.1. The first-order valence-electron chi connectivity index (χ1n) is 11.1. The minimum Gasteiger partial charge on any atom is -0.368 e. The summed E-state index contributed by atoms with van der Waals surface area (Å²) < 4.78 is 0. The summed E-state index contributed by atoms with van der Waals surface area (Å²) in [6.45, 7) is 3.29. The smallest absolute Gasteiger partial charge is 0.253 e. The molecule has 0 spiro atoms. The average molecular weight is 401 g/mol. The molecule has 1 amide bonds. The Bertz CT molecular complexity index is 1000. The maximum atomic E-state index is 12.2. The monoisotopic (exact) mass is 400 g/mol. The molecule has 0 N–H and O–H groups in total. The third-order valence-electron chi connectivity index (χ3n) is 6.54. The number of carbonyl (C=O) groups excluding carboxylic acids is 1. The molecular formula is C27H32N2O. The van der Waals surface area contributed by atoms with Gasteiger partial charge in [-0.15, -0.1) is 0 Å². The first-order chi connectivity index (χ1) is 14.6. The van der Waals surface area contributed by atoms with E-state index in [1.807, 2.05) is 12.1 Å². The second-order valence-electron chi connectivity index (χ2n) is 8.62. The zero-order chi connectivity index (χ0) is 21.1. The molecule has 3 heteroatoms. The highest BCUT2D eigenvalue weighted by molar-refractivity contribution is 5.94. The van der Waals surface area contributed by atoms with Crippen molar-refractivity contribution < 1.29 is 4.79 Å². The Labute approximate surface area is 180 Å². The molecule has 0 radical (unpaired) electrons. The summed E-state index contributed by atoms with van der Waals surface area (Å²) in [7, 11) is 3.60. The van der Waals surface area contributed by atoms with E-state index in [0.717, 1.165) is 18.5 Å². The van der Waals surface area contributed by atoms with Gasteiger partial charge in [0.2, 0.25) is 0 Å². The minimum atomic E-state index is 0.0659. The van der Waals surface area contributed by atoms with Crippen molar-refractivity contribution in [3.05, 3.63) is 77.9 Å². The van der Waals surface area contributed by atoms with Crippen molar-refractivity contribution in [3.8, 4) is 0 Å². The molecule has 3 nitrogen and oxygen atoms in total. The van der Waals surface area contributed by atoms with Gasteiger partial charge in [-0.2, -0.15) is 0 Å². The molecule has 1 aliphatic carbocycles. The van der Waals surface area contributed by atoms with Gasteiger partial charge in [-0.05, 0) is 61.3 Å². The Hall–Kier alpha value is -2.81. The van der Waals surface area contributed by atoms with Crippen LogP contribution in [-0.4, -0.2) is 37.5 Å². The summed E-state index contributed by atoms with van der Waals surface area (Å²) in [6.07, 6.45) is 4.88. The number of hydrogen-bond donors (Lipinski definition) is 0. The van der Waals surface area contributed by atoms with Gasteiger partial charge in [-0.25, -0.2) is 0 Å². The topological polar surface area (TPSA) is 23.6 Å². The number of rotatable bonds is 5. The molecule has 0 aliphatic heterocycles. The van der Waals surface area contributed by atoms with Crippen molar-refractivity contribution in [2.75, 3.05) is 25.5 Å². The number of carbonyl (C=O) groups is 1. The van der Waals surface area contributed by atoms with Crippen LogP contribution in [0.2, 0.25) is 0 Å². The van der Waals surface area contributed by atoms with Crippen LogP contribution < -0.4 is 4.90 Å². The van der Waals surface area contributed by atoms with Gasteiger partial charge in [-0.1, -0.05) is 55.0 Å². The molecule has 1 fully saturated rings. The van der Waals surface area contributed by atoms with Gasteiger partial charge in [0.15, 0.2) is 0 Å². The molecular weight excluding hydrogens is 368 g/mol. The molecule has 1 aliphatic rings. The Morgan fingerprint density at radius 3 is 2.40 bits per heavy atom. The van der Waals surface area contributed by atoms with Gasteiger partial charge in [0.05, 0.1) is 0 Å². The van der Waals surface area contributed by atoms with Gasteiger partial charge in [0.1, 0.15) is 0 Å². The molecule has 2 unspecified atom stereocenters. The van der Waals surface area contributed by atoms with Crippen molar-refractivity contribution >= 4 is 22.4 Å². The molecule has 0 aromatic heterocycles. The molecule has 2 atom stereocenters. The second kappa shape index (κ2) is 8.91. The van der Waals surface area contributed by atoms with Gasteiger partial charge in [0.25, 0.3) is 5.91 Å². The van der Waals surface area contributed by atoms with Crippen molar-refractivity contribution in [1.82, 2.24) is 4.90 Å². The molecule has 0 heterocycles. The largest absolute Gasteiger partial charge is 0.368 e. The standard InChI is InChI=1S/C27H32N2O/c1-4-29(26-14-8-10-21-9-5-6-13-25(21)26)24-12-7-11-23(19-24)20-15-17-22(18-16-20)27(30)28(2)3/h5-6,8-10,13-18,23-24H,4,7,11-12,19H2,1-3H3. The van der Waals surface area contributed by atoms with Gasteiger partial charge in [0, 0.05) is 43.3 Å². The molecule has 0 saturated heterocycles. The Balaban J connectivity index is 1.56. The van der Waals surface area contributed by atoms with E-state index < -0.39 is 0 Å². The lowest BCUT2D eigenvalue weighted by molar-refractivity contribution is 0.0827. The van der Waals surface area contributed by atoms with E-state index in [0.29, 0.717) is 12.0 Å². The molecule has 3 aromatic carbocycles. The molecule has 1 saturated carbocycles. The molecule has 0 bridgehead atoms. The number of nitrogens with zero attached hydrogens (tertiary/aromatic N) is 2. The zero-order valence-corrected chi connectivity index (χ0v) is 18.3. The number of amides is 1. The zero-order valence-electron chi connectivity index (χ0n) is 18.3. The van der Waals surface area contributed by atoms with Crippen LogP contribution in [0.3, 0.4) is 0 Å². The number of anilines is 1. The Kier molecular flexibility index (Phi) is 6.08. The lowest BCUT2D eigenvalue weighted by Crippen LogP contribution is -2.38. The van der Waals surface area contributed by atoms with Crippen molar-refractivity contribution in [2.24, 2.45) is 0 Å². The van der Waals surface area contributed by atoms with E-state index in [9.17, 15) is 4.79 Å². The minimum absolute atomic E-state index is 0.0659. The summed E-state index contributed by atoms with van der Waals surface area (Å²) in [4.78, 5) is 16.4. The predicted molar refractivity (Wildman–Crippen MR) is 126 cm³/mol. The van der Waals surface area contributed by atoms with Crippen LogP contribution in [0.5, 0.6) is 0 Å². The van der Waals surface area contributed by atoms with Crippen LogP contribution >= 0.6 is 0 Å². The average Bonchev–Trinajstić information content (AvgIpc) is 2.79. The highest BCUT2D eigenvalue weighted by Crippen LogP contribution is 2.38. The van der Waals surface area contributed by atoms with Gasteiger partial charge in [-0.3, -0.25) is 4.79 Å². The number of hydrogen-bond acceptors (Lipinski definition) is 2. The maximum Gasteiger partial charge on any atom is 0.253 e. The molecule has 3 aromatic rings.